The van der Waals surface area contributed by atoms with Gasteiger partial charge in [-0.15, -0.1) is 0 Å². The highest BCUT2D eigenvalue weighted by Gasteiger charge is 2.37. The molecule has 0 aliphatic carbocycles. The number of nitrogens with zero attached hydrogens (tertiary/aromatic N) is 5. The smallest absolute Gasteiger partial charge is 0.309 e. The highest BCUT2D eigenvalue weighted by atomic mass is 19.4. The molecule has 0 fully saturated rings. The maximum atomic E-state index is 14.7. The van der Waals surface area contributed by atoms with Gasteiger partial charge in [0.1, 0.15) is 0 Å². The summed E-state index contributed by atoms with van der Waals surface area (Å²) in [4.78, 5) is 0. The van der Waals surface area contributed by atoms with Crippen molar-refractivity contribution in [2.45, 2.75) is 12.4 Å². The first-order valence-electron chi connectivity index (χ1n) is 26.0. The predicted molar refractivity (Wildman–Crippen MR) is 309 cm³/mol. The van der Waals surface area contributed by atoms with Crippen LogP contribution in [0.5, 0.6) is 0 Å². The first-order valence-corrected chi connectivity index (χ1v) is 26.0. The van der Waals surface area contributed by atoms with Crippen molar-refractivity contribution < 1.29 is 26.3 Å². The Hall–Kier alpha value is -10.3. The highest BCUT2D eigenvalue weighted by Crippen LogP contribution is 2.48. The van der Waals surface area contributed by atoms with E-state index in [1.54, 1.807) is 30.3 Å². The van der Waals surface area contributed by atoms with Gasteiger partial charge in [0.2, 0.25) is 0 Å². The van der Waals surface area contributed by atoms with Gasteiger partial charge in [0.15, 0.2) is 0 Å². The van der Waals surface area contributed by atoms with Crippen LogP contribution in [0.3, 0.4) is 0 Å². The molecule has 0 atom stereocenters. The van der Waals surface area contributed by atoms with Gasteiger partial charge in [0, 0.05) is 65.6 Å². The van der Waals surface area contributed by atoms with E-state index in [1.807, 2.05) is 103 Å². The standard InChI is InChI=1S/C69H39F6N5/c70-68(71,72)44-36-43(37-45(39-44)69(73,74)75)42-28-32-61(80-59-26-14-10-22-53(59)65-63(80)34-30-51-49-20-8-12-24-57(49)78(67(51)65)47-17-5-2-6-18-47)55(38-42)54-35-41(40-76)27-31-60(54)79-58-25-13-9-21-52(58)64-62(79)33-29-50-48-19-7-11-23-56(48)77(66(50)64)46-15-3-1-4-16-46/h1-39H. The average molecular weight is 1050 g/mol. The molecule has 0 amide bonds. The van der Waals surface area contributed by atoms with Gasteiger partial charge in [-0.05, 0) is 120 Å². The summed E-state index contributed by atoms with van der Waals surface area (Å²) in [6.07, 6.45) is -10.2. The Labute approximate surface area is 451 Å². The summed E-state index contributed by atoms with van der Waals surface area (Å²) >= 11 is 0. The van der Waals surface area contributed by atoms with Crippen LogP contribution in [-0.4, -0.2) is 18.3 Å². The zero-order valence-electron chi connectivity index (χ0n) is 42.0. The zero-order chi connectivity index (χ0) is 54.2. The lowest BCUT2D eigenvalue weighted by atomic mass is 9.93. The number of alkyl halides is 6. The maximum absolute atomic E-state index is 14.7. The Morgan fingerprint density at radius 3 is 1.16 bits per heavy atom. The van der Waals surface area contributed by atoms with Crippen LogP contribution in [0.15, 0.2) is 237 Å². The second-order valence-electron chi connectivity index (χ2n) is 20.2. The number of aromatic nitrogens is 4. The summed E-state index contributed by atoms with van der Waals surface area (Å²) in [6.45, 7) is 0. The van der Waals surface area contributed by atoms with Gasteiger partial charge >= 0.3 is 12.4 Å². The minimum Gasteiger partial charge on any atom is -0.309 e. The summed E-state index contributed by atoms with van der Waals surface area (Å²) in [5.74, 6) is 0. The third-order valence-corrected chi connectivity index (χ3v) is 15.8. The number of para-hydroxylation sites is 6. The molecule has 5 nitrogen and oxygen atoms in total. The average Bonchev–Trinajstić information content (AvgIpc) is 4.27. The van der Waals surface area contributed by atoms with Crippen LogP contribution in [-0.2, 0) is 12.4 Å². The molecule has 0 N–H and O–H groups in total. The molecule has 0 spiro atoms. The molecule has 0 aliphatic heterocycles. The first-order chi connectivity index (χ1) is 38.9. The Bertz CT molecular complexity index is 5070. The molecule has 0 unspecified atom stereocenters. The van der Waals surface area contributed by atoms with Gasteiger partial charge < -0.3 is 18.3 Å². The van der Waals surface area contributed by atoms with E-state index in [4.69, 9.17) is 0 Å². The number of benzene rings is 11. The van der Waals surface area contributed by atoms with Gasteiger partial charge in [0.25, 0.3) is 0 Å². The Balaban J connectivity index is 1.09. The zero-order valence-corrected chi connectivity index (χ0v) is 42.0. The number of halogens is 6. The monoisotopic (exact) mass is 1050 g/mol. The molecular weight excluding hydrogens is 1010 g/mol. The fourth-order valence-corrected chi connectivity index (χ4v) is 12.5. The lowest BCUT2D eigenvalue weighted by Gasteiger charge is -2.21. The van der Waals surface area contributed by atoms with Crippen LogP contribution in [0.4, 0.5) is 26.3 Å². The predicted octanol–water partition coefficient (Wildman–Crippen LogP) is 19.3. The van der Waals surface area contributed by atoms with E-state index in [1.165, 1.54) is 0 Å². The van der Waals surface area contributed by atoms with Crippen LogP contribution >= 0.6 is 0 Å². The van der Waals surface area contributed by atoms with Crippen LogP contribution in [0.1, 0.15) is 16.7 Å². The van der Waals surface area contributed by atoms with Crippen molar-refractivity contribution in [3.8, 4) is 51.1 Å². The second-order valence-corrected chi connectivity index (χ2v) is 20.2. The molecule has 11 aromatic carbocycles. The molecule has 0 aliphatic rings. The fraction of sp³-hybridized carbons (Fsp3) is 0.0290. The molecule has 0 radical (unpaired) electrons. The number of hydrogen-bond donors (Lipinski definition) is 0. The number of fused-ring (bicyclic) bond motifs is 14. The molecule has 80 heavy (non-hydrogen) atoms. The quantitative estimate of drug-likeness (QED) is 0.153. The molecule has 4 aromatic heterocycles. The maximum Gasteiger partial charge on any atom is 0.416 e. The van der Waals surface area contributed by atoms with Crippen LogP contribution in [0, 0.1) is 11.3 Å². The van der Waals surface area contributed by atoms with Gasteiger partial charge in [-0.1, -0.05) is 127 Å². The minimum atomic E-state index is -5.09. The van der Waals surface area contributed by atoms with Crippen molar-refractivity contribution in [2.75, 3.05) is 0 Å². The normalized spacial score (nSPS) is 12.4. The summed E-state index contributed by atoms with van der Waals surface area (Å²) in [6, 6.07) is 75.9. The van der Waals surface area contributed by atoms with Gasteiger partial charge in [-0.2, -0.15) is 31.6 Å². The van der Waals surface area contributed by atoms with E-state index in [9.17, 15) is 31.6 Å². The molecule has 15 aromatic rings. The van der Waals surface area contributed by atoms with Crippen molar-refractivity contribution in [3.63, 3.8) is 0 Å². The van der Waals surface area contributed by atoms with Crippen LogP contribution in [0.2, 0.25) is 0 Å². The fourth-order valence-electron chi connectivity index (χ4n) is 12.5. The molecule has 382 valence electrons. The SMILES string of the molecule is N#Cc1ccc(-n2c3ccccc3c3c2ccc2c4ccccc4n(-c4ccccc4)c23)c(-c2cc(-c3cc(C(F)(F)F)cc(C(F)(F)F)c3)ccc2-n2c3ccccc3c3c2ccc2c4ccccc4n(-c4ccccc4)c23)c1. The Kier molecular flexibility index (Phi) is 10.2. The molecular formula is C69H39F6N5. The van der Waals surface area contributed by atoms with Crippen LogP contribution < -0.4 is 0 Å². The topological polar surface area (TPSA) is 43.5 Å². The largest absolute Gasteiger partial charge is 0.416 e. The van der Waals surface area contributed by atoms with Crippen LogP contribution in [0.25, 0.3) is 132 Å². The summed E-state index contributed by atoms with van der Waals surface area (Å²) in [5.41, 5.74) is 8.63. The van der Waals surface area contributed by atoms with Crippen molar-refractivity contribution in [1.82, 2.24) is 18.3 Å². The summed E-state index contributed by atoms with van der Waals surface area (Å²) < 4.78 is 96.9. The molecule has 15 rings (SSSR count). The molecule has 0 saturated carbocycles. The van der Waals surface area contributed by atoms with Gasteiger partial charge in [-0.25, -0.2) is 0 Å². The molecule has 4 heterocycles. The van der Waals surface area contributed by atoms with Gasteiger partial charge in [-0.3, -0.25) is 0 Å². The second kappa shape index (κ2) is 17.3. The van der Waals surface area contributed by atoms with E-state index in [-0.39, 0.29) is 17.2 Å². The lowest BCUT2D eigenvalue weighted by molar-refractivity contribution is -0.143. The van der Waals surface area contributed by atoms with E-state index in [2.05, 4.69) is 109 Å². The third kappa shape index (κ3) is 6.98. The highest BCUT2D eigenvalue weighted by molar-refractivity contribution is 6.28. The molecule has 0 saturated heterocycles. The number of hydrogen-bond acceptors (Lipinski definition) is 1. The first kappa shape index (κ1) is 46.9. The molecule has 11 heteroatoms. The van der Waals surface area contributed by atoms with Crippen molar-refractivity contribution in [2.24, 2.45) is 0 Å². The number of rotatable bonds is 6. The van der Waals surface area contributed by atoms with E-state index >= 15 is 0 Å². The third-order valence-electron chi connectivity index (χ3n) is 15.8. The molecule has 0 bridgehead atoms. The van der Waals surface area contributed by atoms with Crippen molar-refractivity contribution in [3.05, 3.63) is 253 Å². The van der Waals surface area contributed by atoms with Gasteiger partial charge in [0.05, 0.1) is 78.3 Å². The van der Waals surface area contributed by atoms with E-state index < -0.39 is 23.5 Å². The number of nitriles is 1. The summed E-state index contributed by atoms with van der Waals surface area (Å²) in [5, 5.41) is 18.7. The summed E-state index contributed by atoms with van der Waals surface area (Å²) in [7, 11) is 0. The van der Waals surface area contributed by atoms with Crippen molar-refractivity contribution in [1.29, 1.82) is 5.26 Å². The minimum absolute atomic E-state index is 0.109. The Morgan fingerprint density at radius 2 is 0.713 bits per heavy atom. The van der Waals surface area contributed by atoms with Crippen molar-refractivity contribution >= 4 is 87.2 Å². The lowest BCUT2D eigenvalue weighted by Crippen LogP contribution is -2.11. The Morgan fingerprint density at radius 1 is 0.312 bits per heavy atom. The van der Waals surface area contributed by atoms with E-state index in [0.29, 0.717) is 28.1 Å². The van der Waals surface area contributed by atoms with E-state index in [0.717, 1.165) is 111 Å².